The Kier molecular flexibility index (Phi) is 2.13. The van der Waals surface area contributed by atoms with Crippen LogP contribution in [0.3, 0.4) is 0 Å². The van der Waals surface area contributed by atoms with Gasteiger partial charge >= 0.3 is 0 Å². The van der Waals surface area contributed by atoms with E-state index in [1.165, 1.54) is 0 Å². The molecule has 0 saturated heterocycles. The number of aldehydes is 1. The highest BCUT2D eigenvalue weighted by atomic mass is 16.3. The van der Waals surface area contributed by atoms with Crippen LogP contribution in [0.15, 0.2) is 10.5 Å². The fourth-order valence-electron chi connectivity index (χ4n) is 0.922. The first-order valence-corrected chi connectivity index (χ1v) is 3.70. The molecule has 0 radical (unpaired) electrons. The number of hydrogen-bond donors (Lipinski definition) is 0. The lowest BCUT2D eigenvalue weighted by molar-refractivity contribution is 0.112. The normalized spacial score (nSPS) is 10.5. The van der Waals surface area contributed by atoms with E-state index in [9.17, 15) is 4.79 Å². The third kappa shape index (κ3) is 1.50. The van der Waals surface area contributed by atoms with Crippen LogP contribution in [0.1, 0.15) is 41.6 Å². The van der Waals surface area contributed by atoms with Crippen LogP contribution in [0, 0.1) is 6.92 Å². The highest BCUT2D eigenvalue weighted by Crippen LogP contribution is 2.20. The molecule has 2 nitrogen and oxygen atoms in total. The minimum absolute atomic E-state index is 0.349. The first kappa shape index (κ1) is 8.05. The first-order chi connectivity index (χ1) is 5.15. The molecule has 60 valence electrons. The van der Waals surface area contributed by atoms with Crippen molar-refractivity contribution in [1.29, 1.82) is 0 Å². The third-order valence-corrected chi connectivity index (χ3v) is 1.67. The second-order valence-electron chi connectivity index (χ2n) is 2.93. The molecule has 2 heteroatoms. The molecule has 0 atom stereocenters. The summed E-state index contributed by atoms with van der Waals surface area (Å²) in [6.45, 7) is 5.87. The number of carbonyl (C=O) groups is 1. The molecular weight excluding hydrogens is 140 g/mol. The zero-order valence-electron chi connectivity index (χ0n) is 7.05. The summed E-state index contributed by atoms with van der Waals surface area (Å²) < 4.78 is 5.34. The van der Waals surface area contributed by atoms with Crippen molar-refractivity contribution >= 4 is 6.29 Å². The second-order valence-corrected chi connectivity index (χ2v) is 2.93. The maximum atomic E-state index is 10.4. The number of furan rings is 1. The smallest absolute Gasteiger partial charge is 0.153 e. The van der Waals surface area contributed by atoms with Gasteiger partial charge in [-0.05, 0) is 13.0 Å². The molecule has 0 aliphatic rings. The molecule has 0 amide bonds. The lowest BCUT2D eigenvalue weighted by Crippen LogP contribution is -1.80. The first-order valence-electron chi connectivity index (χ1n) is 3.70. The zero-order chi connectivity index (χ0) is 8.43. The number of aryl methyl sites for hydroxylation is 1. The molecule has 0 bridgehead atoms. The molecule has 0 N–H and O–H groups in total. The largest absolute Gasteiger partial charge is 0.465 e. The van der Waals surface area contributed by atoms with Crippen LogP contribution in [0.25, 0.3) is 0 Å². The van der Waals surface area contributed by atoms with Crippen molar-refractivity contribution in [3.05, 3.63) is 23.2 Å². The maximum Gasteiger partial charge on any atom is 0.153 e. The minimum Gasteiger partial charge on any atom is -0.465 e. The van der Waals surface area contributed by atoms with Gasteiger partial charge in [-0.15, -0.1) is 0 Å². The Morgan fingerprint density at radius 2 is 2.18 bits per heavy atom. The molecule has 0 aliphatic carbocycles. The molecule has 0 aliphatic heterocycles. The monoisotopic (exact) mass is 152 g/mol. The third-order valence-electron chi connectivity index (χ3n) is 1.67. The Balaban J connectivity index is 3.04. The van der Waals surface area contributed by atoms with Gasteiger partial charge in [-0.1, -0.05) is 13.8 Å². The summed E-state index contributed by atoms with van der Waals surface area (Å²) in [5.41, 5.74) is 0.661. The molecule has 1 aromatic heterocycles. The fourth-order valence-corrected chi connectivity index (χ4v) is 0.922. The molecule has 1 rings (SSSR count). The Labute approximate surface area is 66.2 Å². The van der Waals surface area contributed by atoms with Crippen LogP contribution in [-0.2, 0) is 0 Å². The van der Waals surface area contributed by atoms with Crippen LogP contribution >= 0.6 is 0 Å². The summed E-state index contributed by atoms with van der Waals surface area (Å²) in [7, 11) is 0. The van der Waals surface area contributed by atoms with Crippen molar-refractivity contribution in [2.24, 2.45) is 0 Å². The van der Waals surface area contributed by atoms with Gasteiger partial charge in [0.25, 0.3) is 0 Å². The summed E-state index contributed by atoms with van der Waals surface area (Å²) >= 11 is 0. The van der Waals surface area contributed by atoms with E-state index < -0.39 is 0 Å². The van der Waals surface area contributed by atoms with Gasteiger partial charge in [0.05, 0.1) is 5.56 Å². The van der Waals surface area contributed by atoms with Gasteiger partial charge < -0.3 is 4.42 Å². The van der Waals surface area contributed by atoms with Crippen molar-refractivity contribution in [3.63, 3.8) is 0 Å². The van der Waals surface area contributed by atoms with E-state index in [2.05, 4.69) is 0 Å². The summed E-state index contributed by atoms with van der Waals surface area (Å²) in [5.74, 6) is 1.94. The van der Waals surface area contributed by atoms with Gasteiger partial charge in [-0.25, -0.2) is 0 Å². The Morgan fingerprint density at radius 3 is 2.45 bits per heavy atom. The number of carbonyl (C=O) groups excluding carboxylic acids is 1. The zero-order valence-corrected chi connectivity index (χ0v) is 7.05. The highest BCUT2D eigenvalue weighted by Gasteiger charge is 2.08. The molecule has 11 heavy (non-hydrogen) atoms. The summed E-state index contributed by atoms with van der Waals surface area (Å²) in [6, 6.07) is 1.80. The van der Waals surface area contributed by atoms with Gasteiger partial charge in [0, 0.05) is 5.92 Å². The van der Waals surface area contributed by atoms with E-state index in [4.69, 9.17) is 4.42 Å². The van der Waals surface area contributed by atoms with Crippen LogP contribution in [0.2, 0.25) is 0 Å². The molecule has 1 heterocycles. The number of hydrogen-bond acceptors (Lipinski definition) is 2. The lowest BCUT2D eigenvalue weighted by Gasteiger charge is -1.96. The second kappa shape index (κ2) is 2.91. The van der Waals surface area contributed by atoms with Gasteiger partial charge in [-0.3, -0.25) is 4.79 Å². The Bertz CT molecular complexity index is 259. The SMILES string of the molecule is Cc1oc(C(C)C)cc1C=O. The van der Waals surface area contributed by atoms with Crippen LogP contribution < -0.4 is 0 Å². The van der Waals surface area contributed by atoms with Gasteiger partial charge in [0.2, 0.25) is 0 Å². The molecule has 0 aromatic carbocycles. The number of rotatable bonds is 2. The molecule has 0 fully saturated rings. The minimum atomic E-state index is 0.349. The Hall–Kier alpha value is -1.05. The predicted molar refractivity (Wildman–Crippen MR) is 42.9 cm³/mol. The van der Waals surface area contributed by atoms with E-state index >= 15 is 0 Å². The Morgan fingerprint density at radius 1 is 1.55 bits per heavy atom. The molecule has 0 spiro atoms. The van der Waals surface area contributed by atoms with Gasteiger partial charge in [0.1, 0.15) is 11.5 Å². The molecule has 1 aromatic rings. The van der Waals surface area contributed by atoms with E-state index in [-0.39, 0.29) is 0 Å². The fraction of sp³-hybridized carbons (Fsp3) is 0.444. The van der Waals surface area contributed by atoms with Crippen molar-refractivity contribution in [2.75, 3.05) is 0 Å². The highest BCUT2D eigenvalue weighted by molar-refractivity contribution is 5.76. The van der Waals surface area contributed by atoms with E-state index in [0.29, 0.717) is 17.2 Å². The summed E-state index contributed by atoms with van der Waals surface area (Å²) in [4.78, 5) is 10.4. The quantitative estimate of drug-likeness (QED) is 0.609. The van der Waals surface area contributed by atoms with Crippen LogP contribution in [0.5, 0.6) is 0 Å². The lowest BCUT2D eigenvalue weighted by atomic mass is 10.1. The summed E-state index contributed by atoms with van der Waals surface area (Å²) in [6.07, 6.45) is 0.824. The maximum absolute atomic E-state index is 10.4. The average Bonchev–Trinajstić information content (AvgIpc) is 2.31. The molecular formula is C9H12O2. The molecule has 0 unspecified atom stereocenters. The van der Waals surface area contributed by atoms with Crippen molar-refractivity contribution in [3.8, 4) is 0 Å². The molecule has 0 saturated carbocycles. The van der Waals surface area contributed by atoms with Crippen molar-refractivity contribution < 1.29 is 9.21 Å². The predicted octanol–water partition coefficient (Wildman–Crippen LogP) is 2.52. The average molecular weight is 152 g/mol. The van der Waals surface area contributed by atoms with Crippen molar-refractivity contribution in [2.45, 2.75) is 26.7 Å². The van der Waals surface area contributed by atoms with Crippen LogP contribution in [0.4, 0.5) is 0 Å². The van der Waals surface area contributed by atoms with E-state index in [0.717, 1.165) is 12.0 Å². The van der Waals surface area contributed by atoms with E-state index in [1.807, 2.05) is 13.8 Å². The topological polar surface area (TPSA) is 30.2 Å². The summed E-state index contributed by atoms with van der Waals surface area (Å²) in [5, 5.41) is 0. The van der Waals surface area contributed by atoms with Crippen LogP contribution in [-0.4, -0.2) is 6.29 Å². The van der Waals surface area contributed by atoms with Gasteiger partial charge in [-0.2, -0.15) is 0 Å². The van der Waals surface area contributed by atoms with Gasteiger partial charge in [0.15, 0.2) is 6.29 Å². The standard InChI is InChI=1S/C9H12O2/c1-6(2)9-4-8(5-10)7(3)11-9/h4-6H,1-3H3. The van der Waals surface area contributed by atoms with Crippen molar-refractivity contribution in [1.82, 2.24) is 0 Å². The van der Waals surface area contributed by atoms with E-state index in [1.54, 1.807) is 13.0 Å².